The minimum absolute atomic E-state index is 1.08. The summed E-state index contributed by atoms with van der Waals surface area (Å²) < 4.78 is 0. The molecule has 2 nitrogen and oxygen atoms in total. The lowest BCUT2D eigenvalue weighted by molar-refractivity contribution is 0.684. The van der Waals surface area contributed by atoms with E-state index < -0.39 is 0 Å². The van der Waals surface area contributed by atoms with Crippen molar-refractivity contribution in [3.05, 3.63) is 0 Å². The lowest BCUT2D eigenvalue weighted by Crippen LogP contribution is -1.79. The number of hydrogen-bond donors (Lipinski definition) is 0. The van der Waals surface area contributed by atoms with Gasteiger partial charge in [-0.05, 0) is 25.7 Å². The summed E-state index contributed by atoms with van der Waals surface area (Å²) in [5.41, 5.74) is 0. The van der Waals surface area contributed by atoms with Crippen LogP contribution < -0.4 is 0 Å². The normalized spacial score (nSPS) is 11.9. The molecule has 2 heteroatoms. The van der Waals surface area contributed by atoms with Crippen molar-refractivity contribution in [2.24, 2.45) is 10.2 Å². The summed E-state index contributed by atoms with van der Waals surface area (Å²) in [4.78, 5) is 0. The quantitative estimate of drug-likeness (QED) is 0.268. The molecular formula is C14H28N2. The van der Waals surface area contributed by atoms with Gasteiger partial charge in [0.15, 0.2) is 0 Å². The molecule has 0 rings (SSSR count). The van der Waals surface area contributed by atoms with Crippen LogP contribution in [0.2, 0.25) is 0 Å². The van der Waals surface area contributed by atoms with E-state index in [1.807, 2.05) is 12.4 Å². The van der Waals surface area contributed by atoms with Crippen molar-refractivity contribution in [3.8, 4) is 0 Å². The Balaban J connectivity index is 3.15. The number of nitrogens with zero attached hydrogens (tertiary/aromatic N) is 2. The highest BCUT2D eigenvalue weighted by molar-refractivity contribution is 5.61. The van der Waals surface area contributed by atoms with E-state index in [-0.39, 0.29) is 0 Å². The Morgan fingerprint density at radius 3 is 1.44 bits per heavy atom. The molecule has 0 spiro atoms. The third kappa shape index (κ3) is 13.3. The lowest BCUT2D eigenvalue weighted by Gasteiger charge is -1.93. The van der Waals surface area contributed by atoms with Crippen LogP contribution in [-0.2, 0) is 0 Å². The van der Waals surface area contributed by atoms with E-state index in [2.05, 4.69) is 24.1 Å². The summed E-state index contributed by atoms with van der Waals surface area (Å²) in [6.45, 7) is 4.47. The van der Waals surface area contributed by atoms with Crippen LogP contribution in [0.25, 0.3) is 0 Å². The molecule has 0 aromatic carbocycles. The number of hydrogen-bond acceptors (Lipinski definition) is 2. The first-order chi connectivity index (χ1) is 7.91. The molecule has 0 saturated carbocycles. The molecule has 94 valence electrons. The molecule has 16 heavy (non-hydrogen) atoms. The average molecular weight is 224 g/mol. The van der Waals surface area contributed by atoms with Crippen molar-refractivity contribution in [2.45, 2.75) is 78.1 Å². The van der Waals surface area contributed by atoms with Crippen LogP contribution in [-0.4, -0.2) is 12.4 Å². The second-order valence-corrected chi connectivity index (χ2v) is 4.29. The highest BCUT2D eigenvalue weighted by Crippen LogP contribution is 2.01. The Morgan fingerprint density at radius 1 is 0.625 bits per heavy atom. The standard InChI is InChI=1S/C14H28N2/c1-3-5-7-9-11-13-15-16-14-12-10-8-6-4-2/h13-14H,3-12H2,1-2H3/b15-13-,16-14-. The molecule has 0 aromatic heterocycles. The van der Waals surface area contributed by atoms with Gasteiger partial charge >= 0.3 is 0 Å². The molecule has 0 atom stereocenters. The molecule has 0 aliphatic carbocycles. The third-order valence-electron chi connectivity index (χ3n) is 2.60. The fourth-order valence-electron chi connectivity index (χ4n) is 1.53. The van der Waals surface area contributed by atoms with Crippen molar-refractivity contribution in [3.63, 3.8) is 0 Å². The summed E-state index contributed by atoms with van der Waals surface area (Å²) in [5, 5.41) is 8.06. The number of rotatable bonds is 11. The first kappa shape index (κ1) is 15.3. The van der Waals surface area contributed by atoms with Gasteiger partial charge < -0.3 is 0 Å². The van der Waals surface area contributed by atoms with Crippen molar-refractivity contribution in [1.29, 1.82) is 0 Å². The molecular weight excluding hydrogens is 196 g/mol. The Hall–Kier alpha value is -0.660. The zero-order chi connectivity index (χ0) is 11.9. The largest absolute Gasteiger partial charge is 0.164 e. The van der Waals surface area contributed by atoms with Crippen LogP contribution in [0.5, 0.6) is 0 Å². The zero-order valence-corrected chi connectivity index (χ0v) is 11.1. The molecule has 0 N–H and O–H groups in total. The second-order valence-electron chi connectivity index (χ2n) is 4.29. The van der Waals surface area contributed by atoms with Crippen molar-refractivity contribution >= 4 is 12.4 Å². The van der Waals surface area contributed by atoms with Gasteiger partial charge in [0.2, 0.25) is 0 Å². The Labute approximate surface area is 101 Å². The molecule has 0 heterocycles. The van der Waals surface area contributed by atoms with Gasteiger partial charge in [-0.3, -0.25) is 0 Å². The molecule has 0 aliphatic rings. The topological polar surface area (TPSA) is 24.7 Å². The summed E-state index contributed by atoms with van der Waals surface area (Å²) in [6, 6.07) is 0. The van der Waals surface area contributed by atoms with Gasteiger partial charge in [-0.15, -0.1) is 0 Å². The maximum absolute atomic E-state index is 4.03. The van der Waals surface area contributed by atoms with Gasteiger partial charge in [0.05, 0.1) is 0 Å². The van der Waals surface area contributed by atoms with Crippen molar-refractivity contribution in [1.82, 2.24) is 0 Å². The Morgan fingerprint density at radius 2 is 1.06 bits per heavy atom. The van der Waals surface area contributed by atoms with Crippen molar-refractivity contribution in [2.75, 3.05) is 0 Å². The van der Waals surface area contributed by atoms with Gasteiger partial charge in [0.25, 0.3) is 0 Å². The molecule has 0 radical (unpaired) electrons. The summed E-state index contributed by atoms with van der Waals surface area (Å²) in [7, 11) is 0. The van der Waals surface area contributed by atoms with E-state index in [0.717, 1.165) is 12.8 Å². The van der Waals surface area contributed by atoms with Crippen LogP contribution in [0.1, 0.15) is 78.1 Å². The van der Waals surface area contributed by atoms with Crippen LogP contribution >= 0.6 is 0 Å². The summed E-state index contributed by atoms with van der Waals surface area (Å²) in [5.74, 6) is 0. The van der Waals surface area contributed by atoms with Gasteiger partial charge in [0, 0.05) is 12.4 Å². The number of unbranched alkanes of at least 4 members (excludes halogenated alkanes) is 8. The molecule has 0 aliphatic heterocycles. The van der Waals surface area contributed by atoms with E-state index in [9.17, 15) is 0 Å². The van der Waals surface area contributed by atoms with Crippen LogP contribution in [0.4, 0.5) is 0 Å². The van der Waals surface area contributed by atoms with E-state index in [1.165, 1.54) is 51.4 Å². The monoisotopic (exact) mass is 224 g/mol. The minimum atomic E-state index is 1.08. The first-order valence-electron chi connectivity index (χ1n) is 6.95. The van der Waals surface area contributed by atoms with Gasteiger partial charge in [-0.2, -0.15) is 10.2 Å². The fourth-order valence-corrected chi connectivity index (χ4v) is 1.53. The van der Waals surface area contributed by atoms with E-state index in [1.54, 1.807) is 0 Å². The van der Waals surface area contributed by atoms with E-state index in [0.29, 0.717) is 0 Å². The summed E-state index contributed by atoms with van der Waals surface area (Å²) in [6.07, 6.45) is 16.5. The molecule has 0 saturated heterocycles. The molecule has 0 amide bonds. The fraction of sp³-hybridized carbons (Fsp3) is 0.857. The highest BCUT2D eigenvalue weighted by atomic mass is 15.2. The maximum Gasteiger partial charge on any atom is 0.0270 e. The van der Waals surface area contributed by atoms with Crippen LogP contribution in [0, 0.1) is 0 Å². The zero-order valence-electron chi connectivity index (χ0n) is 11.1. The average Bonchev–Trinajstić information content (AvgIpc) is 2.31. The van der Waals surface area contributed by atoms with Gasteiger partial charge in [0.1, 0.15) is 0 Å². The molecule has 0 aromatic rings. The second kappa shape index (κ2) is 14.3. The van der Waals surface area contributed by atoms with E-state index in [4.69, 9.17) is 0 Å². The smallest absolute Gasteiger partial charge is 0.0270 e. The Kier molecular flexibility index (Phi) is 13.7. The highest BCUT2D eigenvalue weighted by Gasteiger charge is 1.85. The van der Waals surface area contributed by atoms with Crippen molar-refractivity contribution < 1.29 is 0 Å². The van der Waals surface area contributed by atoms with Gasteiger partial charge in [-0.25, -0.2) is 0 Å². The molecule has 0 fully saturated rings. The maximum atomic E-state index is 4.03. The SMILES string of the molecule is CCCCCC/C=N\N=C/CCCCCC. The predicted molar refractivity (Wildman–Crippen MR) is 74.5 cm³/mol. The summed E-state index contributed by atoms with van der Waals surface area (Å²) >= 11 is 0. The molecule has 0 unspecified atom stereocenters. The third-order valence-corrected chi connectivity index (χ3v) is 2.60. The van der Waals surface area contributed by atoms with E-state index >= 15 is 0 Å². The first-order valence-corrected chi connectivity index (χ1v) is 6.95. The van der Waals surface area contributed by atoms with Crippen LogP contribution in [0.3, 0.4) is 0 Å². The Bertz CT molecular complexity index is 154. The van der Waals surface area contributed by atoms with Gasteiger partial charge in [-0.1, -0.05) is 52.4 Å². The minimum Gasteiger partial charge on any atom is -0.164 e. The lowest BCUT2D eigenvalue weighted by atomic mass is 10.2. The predicted octanol–water partition coefficient (Wildman–Crippen LogP) is 4.98. The molecule has 0 bridgehead atoms. The van der Waals surface area contributed by atoms with Crippen LogP contribution in [0.15, 0.2) is 10.2 Å².